The molecule has 0 atom stereocenters. The Morgan fingerprint density at radius 2 is 1.90 bits per heavy atom. The molecule has 2 rings (SSSR count). The number of nitriles is 2. The molecule has 0 spiro atoms. The van der Waals surface area contributed by atoms with Gasteiger partial charge in [-0.15, -0.1) is 0 Å². The van der Waals surface area contributed by atoms with Crippen molar-refractivity contribution in [2.45, 2.75) is 0 Å². The maximum Gasteiger partial charge on any atom is 0.160 e. The average molecular weight is 280 g/mol. The van der Waals surface area contributed by atoms with E-state index in [0.29, 0.717) is 17.5 Å². The first kappa shape index (κ1) is 14.0. The van der Waals surface area contributed by atoms with E-state index in [9.17, 15) is 0 Å². The highest BCUT2D eigenvalue weighted by atomic mass is 15.2. The molecule has 104 valence electrons. The van der Waals surface area contributed by atoms with Gasteiger partial charge in [-0.2, -0.15) is 10.5 Å². The van der Waals surface area contributed by atoms with E-state index in [0.717, 1.165) is 0 Å². The molecule has 21 heavy (non-hydrogen) atoms. The first-order valence-corrected chi connectivity index (χ1v) is 6.03. The minimum absolute atomic E-state index is 0.0117. The molecule has 0 aliphatic heterocycles. The number of nitrogens with two attached hydrogens (primary N) is 1. The standard InChI is InChI=1S/C13H12N8/c14-4-7-21(8-5-15)13-11(16)12(18-9-19-13)20-10-3-1-2-6-17-10/h1-3,6,9H,7-8,16H2,(H,17,18,19,20). The largest absolute Gasteiger partial charge is 0.393 e. The van der Waals surface area contributed by atoms with E-state index in [4.69, 9.17) is 16.3 Å². The van der Waals surface area contributed by atoms with Crippen molar-refractivity contribution in [2.24, 2.45) is 0 Å². The monoisotopic (exact) mass is 280 g/mol. The molecule has 0 fully saturated rings. The highest BCUT2D eigenvalue weighted by Gasteiger charge is 2.15. The molecule has 0 amide bonds. The van der Waals surface area contributed by atoms with Crippen LogP contribution < -0.4 is 16.0 Å². The normalized spacial score (nSPS) is 9.43. The van der Waals surface area contributed by atoms with Crippen molar-refractivity contribution < 1.29 is 0 Å². The molecule has 0 radical (unpaired) electrons. The molecular formula is C13H12N8. The molecule has 0 bridgehead atoms. The minimum atomic E-state index is 0.0117. The van der Waals surface area contributed by atoms with E-state index in [1.54, 1.807) is 18.3 Å². The van der Waals surface area contributed by atoms with E-state index in [-0.39, 0.29) is 18.8 Å². The number of rotatable bonds is 5. The highest BCUT2D eigenvalue weighted by Crippen LogP contribution is 2.27. The van der Waals surface area contributed by atoms with Crippen LogP contribution in [0.25, 0.3) is 0 Å². The Bertz CT molecular complexity index is 670. The fraction of sp³-hybridized carbons (Fsp3) is 0.154. The number of hydrogen-bond acceptors (Lipinski definition) is 8. The summed E-state index contributed by atoms with van der Waals surface area (Å²) in [5.74, 6) is 1.30. The maximum absolute atomic E-state index is 8.81. The Hall–Kier alpha value is -3.39. The SMILES string of the molecule is N#CCN(CC#N)c1ncnc(Nc2ccccn2)c1N. The fourth-order valence-electron chi connectivity index (χ4n) is 1.67. The predicted octanol–water partition coefficient (Wildman–Crippen LogP) is 1.05. The van der Waals surface area contributed by atoms with Crippen molar-refractivity contribution >= 4 is 23.1 Å². The molecule has 0 aliphatic carbocycles. The first-order valence-electron chi connectivity index (χ1n) is 6.03. The van der Waals surface area contributed by atoms with Crippen molar-refractivity contribution in [1.29, 1.82) is 10.5 Å². The van der Waals surface area contributed by atoms with Crippen LogP contribution in [0, 0.1) is 22.7 Å². The third-order valence-electron chi connectivity index (χ3n) is 2.60. The van der Waals surface area contributed by atoms with E-state index < -0.39 is 0 Å². The zero-order chi connectivity index (χ0) is 15.1. The van der Waals surface area contributed by atoms with Crippen molar-refractivity contribution in [3.63, 3.8) is 0 Å². The van der Waals surface area contributed by atoms with Crippen LogP contribution in [-0.2, 0) is 0 Å². The Balaban J connectivity index is 2.31. The van der Waals surface area contributed by atoms with Crippen LogP contribution in [0.1, 0.15) is 0 Å². The van der Waals surface area contributed by atoms with Crippen LogP contribution in [-0.4, -0.2) is 28.0 Å². The number of nitrogen functional groups attached to an aromatic ring is 1. The van der Waals surface area contributed by atoms with Gasteiger partial charge in [0, 0.05) is 6.20 Å². The Labute approximate surface area is 121 Å². The molecule has 8 heteroatoms. The molecule has 3 N–H and O–H groups in total. The molecule has 0 unspecified atom stereocenters. The summed E-state index contributed by atoms with van der Waals surface area (Å²) in [5, 5.41) is 20.6. The lowest BCUT2D eigenvalue weighted by Crippen LogP contribution is -2.26. The lowest BCUT2D eigenvalue weighted by Gasteiger charge is -2.19. The Morgan fingerprint density at radius 1 is 1.14 bits per heavy atom. The summed E-state index contributed by atoms with van der Waals surface area (Å²) in [4.78, 5) is 13.7. The van der Waals surface area contributed by atoms with Gasteiger partial charge in [0.2, 0.25) is 0 Å². The Kier molecular flexibility index (Phi) is 4.46. The van der Waals surface area contributed by atoms with Gasteiger partial charge in [-0.05, 0) is 12.1 Å². The highest BCUT2D eigenvalue weighted by molar-refractivity contribution is 5.77. The smallest absolute Gasteiger partial charge is 0.160 e. The van der Waals surface area contributed by atoms with Gasteiger partial charge in [-0.25, -0.2) is 15.0 Å². The second-order valence-electron chi connectivity index (χ2n) is 3.97. The van der Waals surface area contributed by atoms with Crippen LogP contribution in [0.5, 0.6) is 0 Å². The van der Waals surface area contributed by atoms with Gasteiger partial charge < -0.3 is 16.0 Å². The summed E-state index contributed by atoms with van der Waals surface area (Å²) in [5.41, 5.74) is 6.27. The minimum Gasteiger partial charge on any atom is -0.393 e. The summed E-state index contributed by atoms with van der Waals surface area (Å²) in [7, 11) is 0. The number of nitrogens with one attached hydrogen (secondary N) is 1. The van der Waals surface area contributed by atoms with E-state index in [1.165, 1.54) is 11.2 Å². The van der Waals surface area contributed by atoms with Crippen molar-refractivity contribution in [3.8, 4) is 12.1 Å². The number of aromatic nitrogens is 3. The lowest BCUT2D eigenvalue weighted by molar-refractivity contribution is 0.929. The molecule has 0 aliphatic rings. The fourth-order valence-corrected chi connectivity index (χ4v) is 1.67. The topological polar surface area (TPSA) is 128 Å². The molecule has 0 saturated carbocycles. The van der Waals surface area contributed by atoms with Gasteiger partial charge >= 0.3 is 0 Å². The second kappa shape index (κ2) is 6.68. The van der Waals surface area contributed by atoms with Gasteiger partial charge in [-0.3, -0.25) is 0 Å². The zero-order valence-corrected chi connectivity index (χ0v) is 11.1. The summed E-state index contributed by atoms with van der Waals surface area (Å²) in [6, 6.07) is 9.33. The first-order chi connectivity index (χ1) is 10.3. The summed E-state index contributed by atoms with van der Waals surface area (Å²) >= 11 is 0. The number of hydrogen-bond donors (Lipinski definition) is 2. The van der Waals surface area contributed by atoms with Gasteiger partial charge in [0.25, 0.3) is 0 Å². The number of nitrogens with zero attached hydrogens (tertiary/aromatic N) is 6. The van der Waals surface area contributed by atoms with E-state index >= 15 is 0 Å². The number of pyridine rings is 1. The van der Waals surface area contributed by atoms with Gasteiger partial charge in [0.1, 0.15) is 30.9 Å². The maximum atomic E-state index is 8.81. The van der Waals surface area contributed by atoms with Gasteiger partial charge in [0.05, 0.1) is 12.1 Å². The van der Waals surface area contributed by atoms with Crippen LogP contribution in [0.2, 0.25) is 0 Å². The molecular weight excluding hydrogens is 268 g/mol. The summed E-state index contributed by atoms with van der Waals surface area (Å²) in [6.07, 6.45) is 2.96. The van der Waals surface area contributed by atoms with E-state index in [2.05, 4.69) is 20.3 Å². The van der Waals surface area contributed by atoms with Gasteiger partial charge in [-0.1, -0.05) is 6.07 Å². The predicted molar refractivity (Wildman–Crippen MR) is 77.4 cm³/mol. The number of anilines is 4. The zero-order valence-electron chi connectivity index (χ0n) is 11.1. The van der Waals surface area contributed by atoms with Crippen LogP contribution in [0.15, 0.2) is 30.7 Å². The van der Waals surface area contributed by atoms with Crippen molar-refractivity contribution in [1.82, 2.24) is 15.0 Å². The summed E-state index contributed by atoms with van der Waals surface area (Å²) in [6.45, 7) is 0.0234. The quantitative estimate of drug-likeness (QED) is 0.778. The second-order valence-corrected chi connectivity index (χ2v) is 3.97. The molecule has 2 heterocycles. The van der Waals surface area contributed by atoms with Crippen molar-refractivity contribution in [2.75, 3.05) is 29.0 Å². The summed E-state index contributed by atoms with van der Waals surface area (Å²) < 4.78 is 0. The molecule has 0 aromatic carbocycles. The van der Waals surface area contributed by atoms with Crippen LogP contribution >= 0.6 is 0 Å². The van der Waals surface area contributed by atoms with Crippen LogP contribution in [0.4, 0.5) is 23.1 Å². The third kappa shape index (κ3) is 3.33. The molecule has 0 saturated heterocycles. The van der Waals surface area contributed by atoms with E-state index in [1.807, 2.05) is 18.2 Å². The third-order valence-corrected chi connectivity index (χ3v) is 2.60. The van der Waals surface area contributed by atoms with Gasteiger partial charge in [0.15, 0.2) is 11.6 Å². The lowest BCUT2D eigenvalue weighted by atomic mass is 10.3. The van der Waals surface area contributed by atoms with Crippen molar-refractivity contribution in [3.05, 3.63) is 30.7 Å². The molecule has 8 nitrogen and oxygen atoms in total. The molecule has 2 aromatic heterocycles. The van der Waals surface area contributed by atoms with Crippen LogP contribution in [0.3, 0.4) is 0 Å². The molecule has 2 aromatic rings. The average Bonchev–Trinajstić information content (AvgIpc) is 2.50. The Morgan fingerprint density at radius 3 is 2.52 bits per heavy atom.